The van der Waals surface area contributed by atoms with Crippen molar-refractivity contribution < 1.29 is 14.3 Å². The van der Waals surface area contributed by atoms with Crippen molar-refractivity contribution in [3.8, 4) is 0 Å². The Hall–Kier alpha value is -0.650. The van der Waals surface area contributed by atoms with Crippen LogP contribution in [-0.2, 0) is 14.3 Å². The predicted octanol–water partition coefficient (Wildman–Crippen LogP) is 0.918. The van der Waals surface area contributed by atoms with Crippen LogP contribution in [0.25, 0.3) is 0 Å². The molecule has 5 nitrogen and oxygen atoms in total. The highest BCUT2D eigenvalue weighted by Crippen LogP contribution is 2.33. The lowest BCUT2D eigenvalue weighted by atomic mass is 9.72. The van der Waals surface area contributed by atoms with Crippen molar-refractivity contribution in [2.45, 2.75) is 44.8 Å². The van der Waals surface area contributed by atoms with Gasteiger partial charge in [0.2, 0.25) is 5.91 Å². The minimum Gasteiger partial charge on any atom is -0.378 e. The number of rotatable bonds is 4. The molecule has 116 valence electrons. The number of carbonyl (C=O) groups excluding carboxylic acids is 1. The lowest BCUT2D eigenvalue weighted by Crippen LogP contribution is -2.50. The number of hydrogen-bond donors (Lipinski definition) is 2. The molecule has 2 fully saturated rings. The maximum absolute atomic E-state index is 12.4. The summed E-state index contributed by atoms with van der Waals surface area (Å²) in [5.41, 5.74) is 5.77. The lowest BCUT2D eigenvalue weighted by Gasteiger charge is -2.36. The van der Waals surface area contributed by atoms with E-state index in [0.29, 0.717) is 31.6 Å². The second kappa shape index (κ2) is 6.41. The van der Waals surface area contributed by atoms with Crippen LogP contribution in [0.15, 0.2) is 0 Å². The third kappa shape index (κ3) is 3.32. The van der Waals surface area contributed by atoms with Crippen LogP contribution in [0, 0.1) is 17.8 Å². The second-order valence-electron chi connectivity index (χ2n) is 6.60. The van der Waals surface area contributed by atoms with E-state index in [1.165, 1.54) is 0 Å². The molecule has 5 atom stereocenters. The van der Waals surface area contributed by atoms with Crippen LogP contribution in [0.4, 0.5) is 0 Å². The smallest absolute Gasteiger partial charge is 0.223 e. The molecule has 3 N–H and O–H groups in total. The quantitative estimate of drug-likeness (QED) is 0.805. The first-order chi connectivity index (χ1) is 9.47. The van der Waals surface area contributed by atoms with Gasteiger partial charge in [-0.25, -0.2) is 0 Å². The minimum atomic E-state index is -0.344. The molecule has 5 heteroatoms. The Morgan fingerprint density at radius 2 is 2.15 bits per heavy atom. The first-order valence-corrected chi connectivity index (χ1v) is 7.63. The first kappa shape index (κ1) is 15.7. The summed E-state index contributed by atoms with van der Waals surface area (Å²) in [6.45, 7) is 6.10. The number of nitrogens with two attached hydrogens (primary N) is 1. The summed E-state index contributed by atoms with van der Waals surface area (Å²) in [5.74, 6) is 1.03. The maximum atomic E-state index is 12.4. The van der Waals surface area contributed by atoms with E-state index < -0.39 is 0 Å². The van der Waals surface area contributed by atoms with Crippen LogP contribution in [-0.4, -0.2) is 44.4 Å². The van der Waals surface area contributed by atoms with Crippen LogP contribution in [0.1, 0.15) is 33.1 Å². The van der Waals surface area contributed by atoms with Gasteiger partial charge in [-0.2, -0.15) is 0 Å². The van der Waals surface area contributed by atoms with Gasteiger partial charge < -0.3 is 20.5 Å². The summed E-state index contributed by atoms with van der Waals surface area (Å²) in [5, 5.41) is 3.05. The summed E-state index contributed by atoms with van der Waals surface area (Å²) < 4.78 is 10.9. The fourth-order valence-corrected chi connectivity index (χ4v) is 3.39. The van der Waals surface area contributed by atoms with Crippen LogP contribution in [0.5, 0.6) is 0 Å². The van der Waals surface area contributed by atoms with Gasteiger partial charge in [-0.1, -0.05) is 13.8 Å². The Morgan fingerprint density at radius 1 is 1.40 bits per heavy atom. The number of amides is 1. The molecule has 1 heterocycles. The van der Waals surface area contributed by atoms with Crippen LogP contribution < -0.4 is 11.1 Å². The third-order valence-electron chi connectivity index (χ3n) is 5.11. The first-order valence-electron chi connectivity index (χ1n) is 7.63. The molecule has 0 aromatic heterocycles. The average Bonchev–Trinajstić information content (AvgIpc) is 2.90. The number of nitrogens with one attached hydrogen (secondary N) is 1. The van der Waals surface area contributed by atoms with Crippen LogP contribution in [0.3, 0.4) is 0 Å². The summed E-state index contributed by atoms with van der Waals surface area (Å²) in [4.78, 5) is 12.4. The third-order valence-corrected chi connectivity index (χ3v) is 5.11. The van der Waals surface area contributed by atoms with Gasteiger partial charge in [0, 0.05) is 38.6 Å². The van der Waals surface area contributed by atoms with Crippen molar-refractivity contribution in [3.63, 3.8) is 0 Å². The lowest BCUT2D eigenvalue weighted by molar-refractivity contribution is -0.129. The fourth-order valence-electron chi connectivity index (χ4n) is 3.39. The number of ether oxygens (including phenoxy) is 2. The molecule has 1 aliphatic carbocycles. The van der Waals surface area contributed by atoms with Gasteiger partial charge in [0.05, 0.1) is 6.61 Å². The van der Waals surface area contributed by atoms with E-state index in [2.05, 4.69) is 19.2 Å². The molecule has 1 amide bonds. The van der Waals surface area contributed by atoms with E-state index in [-0.39, 0.29) is 23.5 Å². The summed E-state index contributed by atoms with van der Waals surface area (Å²) in [6.07, 6.45) is 2.64. The van der Waals surface area contributed by atoms with Crippen molar-refractivity contribution in [2.75, 3.05) is 26.9 Å². The highest BCUT2D eigenvalue weighted by atomic mass is 16.5. The van der Waals surface area contributed by atoms with Crippen molar-refractivity contribution in [3.05, 3.63) is 0 Å². The Labute approximate surface area is 121 Å². The second-order valence-corrected chi connectivity index (χ2v) is 6.60. The molecule has 0 bridgehead atoms. The zero-order chi connectivity index (χ0) is 14.8. The Kier molecular flexibility index (Phi) is 5.04. The molecule has 20 heavy (non-hydrogen) atoms. The van der Waals surface area contributed by atoms with Crippen LogP contribution >= 0.6 is 0 Å². The molecule has 0 aromatic carbocycles. The molecule has 0 spiro atoms. The predicted molar refractivity (Wildman–Crippen MR) is 77.2 cm³/mol. The van der Waals surface area contributed by atoms with Gasteiger partial charge in [-0.05, 0) is 24.7 Å². The topological polar surface area (TPSA) is 73.6 Å². The molecular formula is C15H28N2O3. The van der Waals surface area contributed by atoms with Crippen molar-refractivity contribution >= 4 is 5.91 Å². The Balaban J connectivity index is 1.88. The van der Waals surface area contributed by atoms with Crippen molar-refractivity contribution in [1.82, 2.24) is 5.32 Å². The number of carbonyl (C=O) groups is 1. The molecule has 2 aliphatic rings. The molecule has 0 radical (unpaired) electrons. The monoisotopic (exact) mass is 284 g/mol. The van der Waals surface area contributed by atoms with E-state index in [0.717, 1.165) is 19.3 Å². The minimum absolute atomic E-state index is 0.0254. The molecular weight excluding hydrogens is 256 g/mol. The molecule has 0 aromatic rings. The van der Waals surface area contributed by atoms with E-state index in [9.17, 15) is 4.79 Å². The van der Waals surface area contributed by atoms with E-state index >= 15 is 0 Å². The highest BCUT2D eigenvalue weighted by molar-refractivity contribution is 5.79. The standard InChI is InChI=1S/C15H28N2O3/c1-10-6-11(2)13(16)7-12(10)14(18)17-8-15(19-3)4-5-20-9-15/h10-13H,4-9,16H2,1-3H3,(H,17,18). The summed E-state index contributed by atoms with van der Waals surface area (Å²) >= 11 is 0. The Bertz CT molecular complexity index is 342. The highest BCUT2D eigenvalue weighted by Gasteiger charge is 2.38. The Morgan fingerprint density at radius 3 is 2.75 bits per heavy atom. The summed E-state index contributed by atoms with van der Waals surface area (Å²) in [7, 11) is 1.68. The van der Waals surface area contributed by atoms with Gasteiger partial charge in [-0.3, -0.25) is 4.79 Å². The number of hydrogen-bond acceptors (Lipinski definition) is 4. The average molecular weight is 284 g/mol. The zero-order valence-corrected chi connectivity index (χ0v) is 12.9. The van der Waals surface area contributed by atoms with E-state index in [1.54, 1.807) is 7.11 Å². The molecule has 2 rings (SSSR count). The molecule has 1 saturated carbocycles. The molecule has 1 saturated heterocycles. The zero-order valence-electron chi connectivity index (χ0n) is 12.9. The van der Waals surface area contributed by atoms with Gasteiger partial charge >= 0.3 is 0 Å². The SMILES string of the molecule is COC1(CNC(=O)C2CC(N)C(C)CC2C)CCOC1. The van der Waals surface area contributed by atoms with Crippen LogP contribution in [0.2, 0.25) is 0 Å². The van der Waals surface area contributed by atoms with Crippen molar-refractivity contribution in [1.29, 1.82) is 0 Å². The van der Waals surface area contributed by atoms with Gasteiger partial charge in [-0.15, -0.1) is 0 Å². The van der Waals surface area contributed by atoms with E-state index in [1.807, 2.05) is 0 Å². The van der Waals surface area contributed by atoms with Gasteiger partial charge in [0.1, 0.15) is 5.60 Å². The number of methoxy groups -OCH3 is 1. The maximum Gasteiger partial charge on any atom is 0.223 e. The fraction of sp³-hybridized carbons (Fsp3) is 0.933. The van der Waals surface area contributed by atoms with E-state index in [4.69, 9.17) is 15.2 Å². The normalized spacial score (nSPS) is 41.6. The van der Waals surface area contributed by atoms with Gasteiger partial charge in [0.15, 0.2) is 0 Å². The largest absolute Gasteiger partial charge is 0.378 e. The molecule has 5 unspecified atom stereocenters. The summed E-state index contributed by atoms with van der Waals surface area (Å²) in [6, 6.07) is 0.133. The van der Waals surface area contributed by atoms with Crippen molar-refractivity contribution in [2.24, 2.45) is 23.5 Å². The molecule has 1 aliphatic heterocycles. The van der Waals surface area contributed by atoms with Gasteiger partial charge in [0.25, 0.3) is 0 Å².